The zero-order valence-electron chi connectivity index (χ0n) is 13.3. The van der Waals surface area contributed by atoms with Crippen LogP contribution in [0, 0.1) is 5.41 Å². The summed E-state index contributed by atoms with van der Waals surface area (Å²) in [4.78, 5) is 0. The number of aliphatic hydroxyl groups is 1. The molecule has 1 saturated heterocycles. The number of nitrogens with one attached hydrogen (secondary N) is 2. The standard InChI is InChI=1S/C17H34N2O/c1-15(12-16-8-4-2-7-11-18-16)19-13-17(14-20)9-5-3-6-10-17/h15-16,18-20H,2-14H2,1H3. The van der Waals surface area contributed by atoms with Gasteiger partial charge in [-0.3, -0.25) is 0 Å². The topological polar surface area (TPSA) is 44.3 Å². The fourth-order valence-electron chi connectivity index (χ4n) is 3.90. The zero-order valence-corrected chi connectivity index (χ0v) is 13.3. The van der Waals surface area contributed by atoms with Gasteiger partial charge >= 0.3 is 0 Å². The van der Waals surface area contributed by atoms with Crippen LogP contribution in [0.1, 0.15) is 71.1 Å². The van der Waals surface area contributed by atoms with Gasteiger partial charge in [0.2, 0.25) is 0 Å². The van der Waals surface area contributed by atoms with Gasteiger partial charge in [-0.1, -0.05) is 32.1 Å². The van der Waals surface area contributed by atoms with Gasteiger partial charge in [0, 0.05) is 30.7 Å². The highest BCUT2D eigenvalue weighted by molar-refractivity contribution is 4.86. The molecule has 2 fully saturated rings. The van der Waals surface area contributed by atoms with E-state index in [1.165, 1.54) is 70.8 Å². The predicted molar refractivity (Wildman–Crippen MR) is 84.9 cm³/mol. The van der Waals surface area contributed by atoms with E-state index in [4.69, 9.17) is 0 Å². The first-order valence-corrected chi connectivity index (χ1v) is 8.82. The molecule has 2 unspecified atom stereocenters. The smallest absolute Gasteiger partial charge is 0.0499 e. The van der Waals surface area contributed by atoms with Gasteiger partial charge in [0.25, 0.3) is 0 Å². The molecule has 0 aromatic rings. The van der Waals surface area contributed by atoms with Crippen molar-refractivity contribution in [3.05, 3.63) is 0 Å². The molecule has 1 aliphatic heterocycles. The highest BCUT2D eigenvalue weighted by Crippen LogP contribution is 2.35. The van der Waals surface area contributed by atoms with E-state index in [-0.39, 0.29) is 5.41 Å². The summed E-state index contributed by atoms with van der Waals surface area (Å²) in [6.45, 7) is 4.85. The predicted octanol–water partition coefficient (Wildman–Crippen LogP) is 2.83. The van der Waals surface area contributed by atoms with Crippen molar-refractivity contribution in [3.63, 3.8) is 0 Å². The third kappa shape index (κ3) is 5.01. The van der Waals surface area contributed by atoms with E-state index in [1.54, 1.807) is 0 Å². The summed E-state index contributed by atoms with van der Waals surface area (Å²) < 4.78 is 0. The molecule has 0 aromatic carbocycles. The number of hydrogen-bond donors (Lipinski definition) is 3. The molecule has 0 spiro atoms. The van der Waals surface area contributed by atoms with Crippen molar-refractivity contribution in [1.29, 1.82) is 0 Å². The van der Waals surface area contributed by atoms with Crippen LogP contribution >= 0.6 is 0 Å². The monoisotopic (exact) mass is 282 g/mol. The fraction of sp³-hybridized carbons (Fsp3) is 1.00. The van der Waals surface area contributed by atoms with E-state index < -0.39 is 0 Å². The Bertz CT molecular complexity index is 256. The Morgan fingerprint density at radius 1 is 1.15 bits per heavy atom. The molecule has 3 nitrogen and oxygen atoms in total. The molecule has 3 N–H and O–H groups in total. The summed E-state index contributed by atoms with van der Waals surface area (Å²) >= 11 is 0. The Hall–Kier alpha value is -0.120. The lowest BCUT2D eigenvalue weighted by molar-refractivity contribution is 0.0781. The van der Waals surface area contributed by atoms with Crippen LogP contribution in [-0.4, -0.2) is 36.9 Å². The largest absolute Gasteiger partial charge is 0.396 e. The molecule has 0 aromatic heterocycles. The second kappa shape index (κ2) is 8.35. The molecule has 0 radical (unpaired) electrons. The van der Waals surface area contributed by atoms with Crippen LogP contribution in [0.5, 0.6) is 0 Å². The maximum Gasteiger partial charge on any atom is 0.0499 e. The average molecular weight is 282 g/mol. The van der Waals surface area contributed by atoms with E-state index in [2.05, 4.69) is 17.6 Å². The first-order chi connectivity index (χ1) is 9.74. The van der Waals surface area contributed by atoms with Crippen LogP contribution in [0.4, 0.5) is 0 Å². The average Bonchev–Trinajstić information content (AvgIpc) is 2.75. The van der Waals surface area contributed by atoms with E-state index in [1.807, 2.05) is 0 Å². The number of rotatable bonds is 6. The molecule has 118 valence electrons. The van der Waals surface area contributed by atoms with Crippen LogP contribution in [0.3, 0.4) is 0 Å². The summed E-state index contributed by atoms with van der Waals surface area (Å²) in [6, 6.07) is 1.24. The van der Waals surface area contributed by atoms with Crippen molar-refractivity contribution in [3.8, 4) is 0 Å². The SMILES string of the molecule is CC(CC1CCCCCN1)NCC1(CO)CCCCC1. The lowest BCUT2D eigenvalue weighted by Crippen LogP contribution is -2.44. The van der Waals surface area contributed by atoms with E-state index in [0.29, 0.717) is 18.7 Å². The van der Waals surface area contributed by atoms with Gasteiger partial charge in [-0.2, -0.15) is 0 Å². The van der Waals surface area contributed by atoms with Crippen LogP contribution in [0.25, 0.3) is 0 Å². The Kier molecular flexibility index (Phi) is 6.79. The van der Waals surface area contributed by atoms with Crippen LogP contribution in [0.15, 0.2) is 0 Å². The molecule has 2 aliphatic rings. The van der Waals surface area contributed by atoms with Crippen molar-refractivity contribution in [2.24, 2.45) is 5.41 Å². The van der Waals surface area contributed by atoms with Crippen LogP contribution < -0.4 is 10.6 Å². The van der Waals surface area contributed by atoms with E-state index >= 15 is 0 Å². The minimum Gasteiger partial charge on any atom is -0.396 e. The maximum absolute atomic E-state index is 9.76. The molecule has 1 saturated carbocycles. The van der Waals surface area contributed by atoms with Crippen molar-refractivity contribution >= 4 is 0 Å². The van der Waals surface area contributed by atoms with Crippen molar-refractivity contribution < 1.29 is 5.11 Å². The molecule has 20 heavy (non-hydrogen) atoms. The molecule has 0 bridgehead atoms. The molecule has 1 heterocycles. The highest BCUT2D eigenvalue weighted by Gasteiger charge is 2.31. The van der Waals surface area contributed by atoms with Crippen molar-refractivity contribution in [1.82, 2.24) is 10.6 Å². The Morgan fingerprint density at radius 3 is 2.65 bits per heavy atom. The van der Waals surface area contributed by atoms with Gasteiger partial charge in [0.15, 0.2) is 0 Å². The lowest BCUT2D eigenvalue weighted by atomic mass is 9.74. The van der Waals surface area contributed by atoms with Crippen LogP contribution in [-0.2, 0) is 0 Å². The molecule has 3 heteroatoms. The maximum atomic E-state index is 9.76. The van der Waals surface area contributed by atoms with E-state index in [0.717, 1.165) is 6.54 Å². The van der Waals surface area contributed by atoms with Crippen molar-refractivity contribution in [2.75, 3.05) is 19.7 Å². The van der Waals surface area contributed by atoms with Gasteiger partial charge in [-0.25, -0.2) is 0 Å². The Morgan fingerprint density at radius 2 is 1.90 bits per heavy atom. The second-order valence-electron chi connectivity index (χ2n) is 7.24. The van der Waals surface area contributed by atoms with Crippen LogP contribution in [0.2, 0.25) is 0 Å². The zero-order chi connectivity index (χ0) is 14.3. The minimum absolute atomic E-state index is 0.170. The number of hydrogen-bond acceptors (Lipinski definition) is 3. The van der Waals surface area contributed by atoms with Gasteiger partial charge < -0.3 is 15.7 Å². The molecule has 0 amide bonds. The van der Waals surface area contributed by atoms with Gasteiger partial charge in [-0.15, -0.1) is 0 Å². The fourth-order valence-corrected chi connectivity index (χ4v) is 3.90. The van der Waals surface area contributed by atoms with Crippen molar-refractivity contribution in [2.45, 2.75) is 83.2 Å². The quantitative estimate of drug-likeness (QED) is 0.702. The highest BCUT2D eigenvalue weighted by atomic mass is 16.3. The summed E-state index contributed by atoms with van der Waals surface area (Å²) in [5.74, 6) is 0. The summed E-state index contributed by atoms with van der Waals surface area (Å²) in [5.41, 5.74) is 0.170. The summed E-state index contributed by atoms with van der Waals surface area (Å²) in [5, 5.41) is 17.2. The lowest BCUT2D eigenvalue weighted by Gasteiger charge is -2.37. The Labute approximate surface area is 124 Å². The molecular weight excluding hydrogens is 248 g/mol. The van der Waals surface area contributed by atoms with Gasteiger partial charge in [0.05, 0.1) is 0 Å². The molecular formula is C17H34N2O. The second-order valence-corrected chi connectivity index (χ2v) is 7.24. The minimum atomic E-state index is 0.170. The molecule has 2 atom stereocenters. The summed E-state index contributed by atoms with van der Waals surface area (Å²) in [6.07, 6.45) is 13.0. The van der Waals surface area contributed by atoms with Gasteiger partial charge in [-0.05, 0) is 45.6 Å². The van der Waals surface area contributed by atoms with E-state index in [9.17, 15) is 5.11 Å². The third-order valence-electron chi connectivity index (χ3n) is 5.38. The first-order valence-electron chi connectivity index (χ1n) is 8.82. The van der Waals surface area contributed by atoms with Gasteiger partial charge in [0.1, 0.15) is 0 Å². The number of aliphatic hydroxyl groups excluding tert-OH is 1. The normalized spacial score (nSPS) is 28.8. The summed E-state index contributed by atoms with van der Waals surface area (Å²) in [7, 11) is 0. The molecule has 1 aliphatic carbocycles. The Balaban J connectivity index is 1.71. The molecule has 2 rings (SSSR count). The first kappa shape index (κ1) is 16.3. The third-order valence-corrected chi connectivity index (χ3v) is 5.38.